The molecule has 2 heterocycles. The van der Waals surface area contributed by atoms with Crippen molar-refractivity contribution >= 4 is 35.0 Å². The van der Waals surface area contributed by atoms with Crippen LogP contribution in [0.3, 0.4) is 0 Å². The fraction of sp³-hybridized carbons (Fsp3) is 0.594. The Morgan fingerprint density at radius 3 is 2.26 bits per heavy atom. The van der Waals surface area contributed by atoms with E-state index < -0.39 is 23.6 Å². The van der Waals surface area contributed by atoms with Crippen molar-refractivity contribution in [3.63, 3.8) is 0 Å². The van der Waals surface area contributed by atoms with Gasteiger partial charge in [-0.15, -0.1) is 11.3 Å². The number of unbranched alkanes of at least 4 members (excludes halogenated alkanes) is 5. The van der Waals surface area contributed by atoms with E-state index in [1.165, 1.54) is 4.90 Å². The number of nitrogens with two attached hydrogens (primary N) is 1. The van der Waals surface area contributed by atoms with E-state index in [2.05, 4.69) is 15.6 Å². The van der Waals surface area contributed by atoms with Crippen molar-refractivity contribution in [1.82, 2.24) is 20.5 Å². The summed E-state index contributed by atoms with van der Waals surface area (Å²) in [6.45, 7) is 7.93. The van der Waals surface area contributed by atoms with Gasteiger partial charge in [0, 0.05) is 32.4 Å². The Morgan fingerprint density at radius 2 is 1.67 bits per heavy atom. The van der Waals surface area contributed by atoms with E-state index in [-0.39, 0.29) is 36.6 Å². The van der Waals surface area contributed by atoms with Crippen LogP contribution < -0.4 is 16.4 Å². The Morgan fingerprint density at radius 1 is 1.05 bits per heavy atom. The quantitative estimate of drug-likeness (QED) is 0.224. The van der Waals surface area contributed by atoms with Crippen LogP contribution in [0.25, 0.3) is 10.4 Å². The maximum absolute atomic E-state index is 13.7. The van der Waals surface area contributed by atoms with Crippen molar-refractivity contribution < 1.29 is 24.3 Å². The Bertz CT molecular complexity index is 1240. The molecule has 1 fully saturated rings. The lowest BCUT2D eigenvalue weighted by atomic mass is 9.85. The standard InChI is InChI=1S/C32H47N5O5S/c1-21-28(43-20-35-21)23-15-13-22(14-16-23)18-34-30(41)25-17-24(38)19-37(25)31(42)29(32(2,3)4)36-27(40)12-10-8-6-5-7-9-11-26(33)39/h13-16,20,24-25,29,38H,5-12,17-19H2,1-4H3,(H2,33,39)(H,34,41)(H,36,40)/t24-,25+,29-/m1/s1. The molecule has 3 atom stereocenters. The molecule has 5 N–H and O–H groups in total. The second-order valence-corrected chi connectivity index (χ2v) is 13.4. The molecule has 0 radical (unpaired) electrons. The minimum Gasteiger partial charge on any atom is -0.391 e. The number of hydrogen-bond donors (Lipinski definition) is 4. The van der Waals surface area contributed by atoms with E-state index in [0.717, 1.165) is 53.8 Å². The Hall–Kier alpha value is -3.31. The number of β-amino-alcohol motifs (C(OH)–C–C–N with tert-alkyl or cyclic N) is 1. The van der Waals surface area contributed by atoms with Gasteiger partial charge >= 0.3 is 0 Å². The minimum absolute atomic E-state index is 0.0397. The van der Waals surface area contributed by atoms with Gasteiger partial charge in [0.25, 0.3) is 0 Å². The molecule has 43 heavy (non-hydrogen) atoms. The second-order valence-electron chi connectivity index (χ2n) is 12.5. The van der Waals surface area contributed by atoms with Crippen molar-refractivity contribution in [2.24, 2.45) is 11.1 Å². The molecule has 1 aromatic heterocycles. The number of carbonyl (C=O) groups is 4. The number of rotatable bonds is 15. The molecule has 1 aromatic carbocycles. The normalized spacial score (nSPS) is 17.5. The largest absolute Gasteiger partial charge is 0.391 e. The average molecular weight is 614 g/mol. The summed E-state index contributed by atoms with van der Waals surface area (Å²) in [5.74, 6) is -1.18. The van der Waals surface area contributed by atoms with Crippen LogP contribution in [0.5, 0.6) is 0 Å². The average Bonchev–Trinajstić information content (AvgIpc) is 3.56. The molecule has 1 aliphatic heterocycles. The van der Waals surface area contributed by atoms with Gasteiger partial charge in [-0.05, 0) is 36.3 Å². The first kappa shape index (κ1) is 34.2. The van der Waals surface area contributed by atoms with Crippen LogP contribution in [0.4, 0.5) is 0 Å². The molecule has 0 spiro atoms. The van der Waals surface area contributed by atoms with Crippen molar-refractivity contribution in [2.45, 2.75) is 110 Å². The third-order valence-corrected chi connectivity index (χ3v) is 8.77. The molecule has 4 amide bonds. The zero-order chi connectivity index (χ0) is 31.6. The van der Waals surface area contributed by atoms with Crippen molar-refractivity contribution in [2.75, 3.05) is 6.54 Å². The summed E-state index contributed by atoms with van der Waals surface area (Å²) in [7, 11) is 0. The number of aliphatic hydroxyl groups excluding tert-OH is 1. The number of nitrogens with zero attached hydrogens (tertiary/aromatic N) is 2. The summed E-state index contributed by atoms with van der Waals surface area (Å²) < 4.78 is 0. The zero-order valence-corrected chi connectivity index (χ0v) is 26.7. The Kier molecular flexibility index (Phi) is 12.7. The van der Waals surface area contributed by atoms with Crippen LogP contribution in [0.1, 0.15) is 89.8 Å². The Balaban J connectivity index is 1.53. The van der Waals surface area contributed by atoms with Gasteiger partial charge in [0.1, 0.15) is 12.1 Å². The number of amides is 4. The predicted octanol–water partition coefficient (Wildman–Crippen LogP) is 3.83. The highest BCUT2D eigenvalue weighted by atomic mass is 32.1. The van der Waals surface area contributed by atoms with Gasteiger partial charge in [0.2, 0.25) is 23.6 Å². The number of aromatic nitrogens is 1. The number of carbonyl (C=O) groups excluding carboxylic acids is 4. The number of aliphatic hydroxyl groups is 1. The van der Waals surface area contributed by atoms with Crippen LogP contribution in [0.15, 0.2) is 29.8 Å². The first-order chi connectivity index (χ1) is 20.4. The Labute approximate surface area is 258 Å². The number of aryl methyl sites for hydroxylation is 1. The van der Waals surface area contributed by atoms with Gasteiger partial charge in [0.05, 0.1) is 22.2 Å². The molecule has 0 bridgehead atoms. The molecule has 0 unspecified atom stereocenters. The highest BCUT2D eigenvalue weighted by Gasteiger charge is 2.44. The van der Waals surface area contributed by atoms with Gasteiger partial charge in [0.15, 0.2) is 0 Å². The van der Waals surface area contributed by atoms with E-state index in [1.54, 1.807) is 11.3 Å². The zero-order valence-electron chi connectivity index (χ0n) is 25.9. The van der Waals surface area contributed by atoms with Crippen molar-refractivity contribution in [3.05, 3.63) is 41.0 Å². The molecule has 0 saturated carbocycles. The molecule has 11 heteroatoms. The van der Waals surface area contributed by atoms with Crippen LogP contribution in [0, 0.1) is 12.3 Å². The van der Waals surface area contributed by atoms with Gasteiger partial charge in [-0.2, -0.15) is 0 Å². The maximum Gasteiger partial charge on any atom is 0.246 e. The first-order valence-corrected chi connectivity index (χ1v) is 16.1. The number of nitrogens with one attached hydrogen (secondary N) is 2. The lowest BCUT2D eigenvalue weighted by molar-refractivity contribution is -0.144. The summed E-state index contributed by atoms with van der Waals surface area (Å²) >= 11 is 1.58. The van der Waals surface area contributed by atoms with E-state index in [9.17, 15) is 24.3 Å². The number of likely N-dealkylation sites (tertiary alicyclic amines) is 1. The van der Waals surface area contributed by atoms with Gasteiger partial charge in [-0.1, -0.05) is 70.7 Å². The predicted molar refractivity (Wildman–Crippen MR) is 168 cm³/mol. The van der Waals surface area contributed by atoms with Crippen LogP contribution in [-0.4, -0.2) is 63.4 Å². The molecule has 2 aromatic rings. The molecule has 0 aliphatic carbocycles. The highest BCUT2D eigenvalue weighted by Crippen LogP contribution is 2.28. The van der Waals surface area contributed by atoms with Crippen molar-refractivity contribution in [1.29, 1.82) is 0 Å². The highest BCUT2D eigenvalue weighted by molar-refractivity contribution is 7.13. The topological polar surface area (TPSA) is 155 Å². The van der Waals surface area contributed by atoms with Crippen molar-refractivity contribution in [3.8, 4) is 10.4 Å². The molecule has 10 nitrogen and oxygen atoms in total. The lowest BCUT2D eigenvalue weighted by Crippen LogP contribution is -2.57. The number of primary amides is 1. The number of thiazole rings is 1. The van der Waals surface area contributed by atoms with Crippen LogP contribution in [0.2, 0.25) is 0 Å². The number of hydrogen-bond acceptors (Lipinski definition) is 7. The summed E-state index contributed by atoms with van der Waals surface area (Å²) in [6, 6.07) is 6.25. The van der Waals surface area contributed by atoms with Crippen LogP contribution >= 0.6 is 11.3 Å². The van der Waals surface area contributed by atoms with E-state index in [0.29, 0.717) is 25.8 Å². The molecule has 3 rings (SSSR count). The monoisotopic (exact) mass is 613 g/mol. The third-order valence-electron chi connectivity index (χ3n) is 7.79. The minimum atomic E-state index is -0.836. The smallest absolute Gasteiger partial charge is 0.246 e. The van der Waals surface area contributed by atoms with Gasteiger partial charge in [-0.3, -0.25) is 19.2 Å². The second kappa shape index (κ2) is 16.0. The van der Waals surface area contributed by atoms with Gasteiger partial charge in [-0.25, -0.2) is 4.98 Å². The molecular weight excluding hydrogens is 566 g/mol. The summed E-state index contributed by atoms with van der Waals surface area (Å²) in [5.41, 5.74) is 9.34. The molecule has 1 saturated heterocycles. The summed E-state index contributed by atoms with van der Waals surface area (Å²) in [5, 5.41) is 16.3. The van der Waals surface area contributed by atoms with Gasteiger partial charge < -0.3 is 26.4 Å². The van der Waals surface area contributed by atoms with E-state index >= 15 is 0 Å². The SMILES string of the molecule is Cc1ncsc1-c1ccc(CNC(=O)[C@@H]2C[C@@H](O)CN2C(=O)[C@@H](NC(=O)CCCCCCCCC(N)=O)C(C)(C)C)cc1. The first-order valence-electron chi connectivity index (χ1n) is 15.2. The third kappa shape index (κ3) is 10.4. The molecule has 1 aliphatic rings. The van der Waals surface area contributed by atoms with E-state index in [1.807, 2.05) is 57.5 Å². The fourth-order valence-corrected chi connectivity index (χ4v) is 6.12. The van der Waals surface area contributed by atoms with E-state index in [4.69, 9.17) is 5.73 Å². The summed E-state index contributed by atoms with van der Waals surface area (Å²) in [6.07, 6.45) is 5.28. The number of benzene rings is 1. The summed E-state index contributed by atoms with van der Waals surface area (Å²) in [4.78, 5) is 57.4. The maximum atomic E-state index is 13.7. The fourth-order valence-electron chi connectivity index (χ4n) is 5.31. The molecular formula is C32H47N5O5S. The lowest BCUT2D eigenvalue weighted by Gasteiger charge is -2.35. The van der Waals surface area contributed by atoms with Crippen LogP contribution in [-0.2, 0) is 25.7 Å². The molecule has 236 valence electrons.